The number of carboxylic acids is 1. The molecule has 0 radical (unpaired) electrons. The van der Waals surface area contributed by atoms with Gasteiger partial charge in [0, 0.05) is 4.48 Å². The molecule has 0 aromatic carbocycles. The molecular formula is C6H9BrO3. The summed E-state index contributed by atoms with van der Waals surface area (Å²) in [7, 11) is 0. The standard InChI is InChI=1S/C6H9BrO3/c1-3-4(7)6(2,10)5(8)9/h3,10H,1-2H3,(H,8,9)/b4-3-. The molecule has 2 N–H and O–H groups in total. The fourth-order valence-electron chi connectivity index (χ4n) is 0.383. The first-order chi connectivity index (χ1) is 4.42. The zero-order valence-corrected chi connectivity index (χ0v) is 7.34. The van der Waals surface area contributed by atoms with Crippen molar-refractivity contribution in [3.8, 4) is 0 Å². The van der Waals surface area contributed by atoms with Crippen LogP contribution >= 0.6 is 15.9 Å². The molecule has 1 unspecified atom stereocenters. The molecule has 58 valence electrons. The smallest absolute Gasteiger partial charge is 0.340 e. The van der Waals surface area contributed by atoms with Gasteiger partial charge in [-0.1, -0.05) is 22.0 Å². The molecule has 0 rings (SSSR count). The first kappa shape index (κ1) is 9.65. The third-order valence-corrected chi connectivity index (χ3v) is 2.36. The zero-order valence-electron chi connectivity index (χ0n) is 5.76. The van der Waals surface area contributed by atoms with Gasteiger partial charge in [-0.25, -0.2) is 4.79 Å². The van der Waals surface area contributed by atoms with E-state index in [0.717, 1.165) is 0 Å². The van der Waals surface area contributed by atoms with Crippen molar-refractivity contribution in [2.75, 3.05) is 0 Å². The second-order valence-electron chi connectivity index (χ2n) is 2.01. The van der Waals surface area contributed by atoms with E-state index in [1.807, 2.05) is 0 Å². The van der Waals surface area contributed by atoms with E-state index in [-0.39, 0.29) is 4.48 Å². The molecule has 3 nitrogen and oxygen atoms in total. The van der Waals surface area contributed by atoms with Crippen molar-refractivity contribution in [3.05, 3.63) is 10.6 Å². The number of rotatable bonds is 2. The lowest BCUT2D eigenvalue weighted by atomic mass is 10.1. The van der Waals surface area contributed by atoms with Gasteiger partial charge in [-0.3, -0.25) is 0 Å². The maximum atomic E-state index is 10.3. The lowest BCUT2D eigenvalue weighted by molar-refractivity contribution is -0.152. The molecule has 0 aliphatic rings. The van der Waals surface area contributed by atoms with E-state index >= 15 is 0 Å². The van der Waals surface area contributed by atoms with E-state index in [9.17, 15) is 4.79 Å². The Bertz CT molecular complexity index is 172. The number of aliphatic carboxylic acids is 1. The molecule has 0 saturated heterocycles. The number of allylic oxidation sites excluding steroid dienone is 1. The van der Waals surface area contributed by atoms with Gasteiger partial charge in [-0.15, -0.1) is 0 Å². The Morgan fingerprint density at radius 3 is 2.20 bits per heavy atom. The molecule has 0 aliphatic heterocycles. The van der Waals surface area contributed by atoms with Gasteiger partial charge in [0.1, 0.15) is 0 Å². The molecule has 0 saturated carbocycles. The highest BCUT2D eigenvalue weighted by Crippen LogP contribution is 2.21. The van der Waals surface area contributed by atoms with Gasteiger partial charge in [0.25, 0.3) is 0 Å². The molecule has 0 aromatic rings. The normalized spacial score (nSPS) is 18.2. The summed E-state index contributed by atoms with van der Waals surface area (Å²) in [4.78, 5) is 10.3. The van der Waals surface area contributed by atoms with Crippen LogP contribution in [0.2, 0.25) is 0 Å². The summed E-state index contributed by atoms with van der Waals surface area (Å²) in [6.45, 7) is 2.85. The molecule has 0 spiro atoms. The van der Waals surface area contributed by atoms with Crippen LogP contribution in [-0.4, -0.2) is 21.8 Å². The summed E-state index contributed by atoms with van der Waals surface area (Å²) in [6.07, 6.45) is 1.49. The monoisotopic (exact) mass is 208 g/mol. The van der Waals surface area contributed by atoms with Crippen molar-refractivity contribution < 1.29 is 15.0 Å². The molecule has 0 heterocycles. The minimum absolute atomic E-state index is 0.257. The van der Waals surface area contributed by atoms with Crippen molar-refractivity contribution in [1.82, 2.24) is 0 Å². The summed E-state index contributed by atoms with van der Waals surface area (Å²) in [5.74, 6) is -1.27. The van der Waals surface area contributed by atoms with Crippen molar-refractivity contribution in [3.63, 3.8) is 0 Å². The Labute approximate surface area is 67.5 Å². The predicted octanol–water partition coefficient (Wildman–Crippen LogP) is 1.12. The molecule has 0 aliphatic carbocycles. The van der Waals surface area contributed by atoms with Crippen LogP contribution in [-0.2, 0) is 4.79 Å². The lowest BCUT2D eigenvalue weighted by Gasteiger charge is -2.16. The van der Waals surface area contributed by atoms with Crippen LogP contribution in [0.15, 0.2) is 10.6 Å². The third kappa shape index (κ3) is 1.82. The largest absolute Gasteiger partial charge is 0.479 e. The van der Waals surface area contributed by atoms with Crippen LogP contribution < -0.4 is 0 Å². The van der Waals surface area contributed by atoms with E-state index in [1.165, 1.54) is 13.0 Å². The fraction of sp³-hybridized carbons (Fsp3) is 0.500. The second kappa shape index (κ2) is 3.16. The Hall–Kier alpha value is -0.350. The van der Waals surface area contributed by atoms with Crippen LogP contribution in [0.1, 0.15) is 13.8 Å². The van der Waals surface area contributed by atoms with E-state index in [1.54, 1.807) is 6.92 Å². The number of aliphatic hydroxyl groups is 1. The topological polar surface area (TPSA) is 57.5 Å². The summed E-state index contributed by atoms with van der Waals surface area (Å²) in [5.41, 5.74) is -1.80. The summed E-state index contributed by atoms with van der Waals surface area (Å²) in [5, 5.41) is 17.6. The Morgan fingerprint density at radius 1 is 1.70 bits per heavy atom. The van der Waals surface area contributed by atoms with Gasteiger partial charge in [0.15, 0.2) is 5.60 Å². The van der Waals surface area contributed by atoms with E-state index in [4.69, 9.17) is 10.2 Å². The summed E-state index contributed by atoms with van der Waals surface area (Å²) < 4.78 is 0.257. The van der Waals surface area contributed by atoms with Gasteiger partial charge in [0.2, 0.25) is 0 Å². The first-order valence-electron chi connectivity index (χ1n) is 2.71. The maximum absolute atomic E-state index is 10.3. The highest BCUT2D eigenvalue weighted by molar-refractivity contribution is 9.11. The average molecular weight is 209 g/mol. The third-order valence-electron chi connectivity index (χ3n) is 1.13. The molecule has 10 heavy (non-hydrogen) atoms. The van der Waals surface area contributed by atoms with Crippen LogP contribution in [0.5, 0.6) is 0 Å². The lowest BCUT2D eigenvalue weighted by Crippen LogP contribution is -2.34. The van der Waals surface area contributed by atoms with E-state index < -0.39 is 11.6 Å². The highest BCUT2D eigenvalue weighted by Gasteiger charge is 2.32. The predicted molar refractivity (Wildman–Crippen MR) is 40.9 cm³/mol. The van der Waals surface area contributed by atoms with Gasteiger partial charge < -0.3 is 10.2 Å². The van der Waals surface area contributed by atoms with Crippen molar-refractivity contribution in [1.29, 1.82) is 0 Å². The molecule has 1 atom stereocenters. The van der Waals surface area contributed by atoms with Crippen LogP contribution in [0.4, 0.5) is 0 Å². The number of hydrogen-bond donors (Lipinski definition) is 2. The maximum Gasteiger partial charge on any atom is 0.340 e. The second-order valence-corrected chi connectivity index (χ2v) is 2.87. The number of halogens is 1. The quantitative estimate of drug-likeness (QED) is 0.716. The minimum atomic E-state index is -1.80. The fourth-order valence-corrected chi connectivity index (χ4v) is 0.553. The Morgan fingerprint density at radius 2 is 2.10 bits per heavy atom. The SMILES string of the molecule is C/C=C(\Br)C(C)(O)C(=O)O. The number of carboxylic acid groups (broad SMARTS) is 1. The van der Waals surface area contributed by atoms with Crippen molar-refractivity contribution in [2.24, 2.45) is 0 Å². The van der Waals surface area contributed by atoms with Gasteiger partial charge in [-0.2, -0.15) is 0 Å². The molecular weight excluding hydrogens is 200 g/mol. The highest BCUT2D eigenvalue weighted by atomic mass is 79.9. The average Bonchev–Trinajstić information content (AvgIpc) is 1.86. The molecule has 0 fully saturated rings. The van der Waals surface area contributed by atoms with Gasteiger partial charge in [-0.05, 0) is 13.8 Å². The zero-order chi connectivity index (χ0) is 8.36. The van der Waals surface area contributed by atoms with E-state index in [0.29, 0.717) is 0 Å². The Balaban J connectivity index is 4.56. The van der Waals surface area contributed by atoms with Crippen molar-refractivity contribution in [2.45, 2.75) is 19.4 Å². The van der Waals surface area contributed by atoms with Crippen molar-refractivity contribution >= 4 is 21.9 Å². The summed E-state index contributed by atoms with van der Waals surface area (Å²) >= 11 is 2.93. The van der Waals surface area contributed by atoms with E-state index in [2.05, 4.69) is 15.9 Å². The van der Waals surface area contributed by atoms with Gasteiger partial charge >= 0.3 is 5.97 Å². The number of carbonyl (C=O) groups is 1. The summed E-state index contributed by atoms with van der Waals surface area (Å²) in [6, 6.07) is 0. The first-order valence-corrected chi connectivity index (χ1v) is 3.50. The minimum Gasteiger partial charge on any atom is -0.479 e. The van der Waals surface area contributed by atoms with Crippen LogP contribution in [0, 0.1) is 0 Å². The number of hydrogen-bond acceptors (Lipinski definition) is 2. The Kier molecular flexibility index (Phi) is 3.05. The molecule has 0 aromatic heterocycles. The van der Waals surface area contributed by atoms with Crippen LogP contribution in [0.3, 0.4) is 0 Å². The van der Waals surface area contributed by atoms with Crippen LogP contribution in [0.25, 0.3) is 0 Å². The molecule has 0 amide bonds. The van der Waals surface area contributed by atoms with Gasteiger partial charge in [0.05, 0.1) is 0 Å². The molecule has 0 bridgehead atoms. The molecule has 4 heteroatoms.